The average Bonchev–Trinajstić information content (AvgIpc) is 2.76. The zero-order valence-corrected chi connectivity index (χ0v) is 8.99. The number of nitrogens with one attached hydrogen (secondary N) is 2. The molecule has 2 amide bonds. The number of hydrogen-bond donors (Lipinski definition) is 3. The molecule has 0 aliphatic heterocycles. The molecule has 1 aliphatic carbocycles. The van der Waals surface area contributed by atoms with Gasteiger partial charge in [-0.1, -0.05) is 12.8 Å². The van der Waals surface area contributed by atoms with Gasteiger partial charge in [0.2, 0.25) is 11.8 Å². The molecule has 6 nitrogen and oxygen atoms in total. The van der Waals surface area contributed by atoms with E-state index in [0.717, 1.165) is 25.7 Å². The SMILES string of the molecule is O=C(O)CNC(=O)CNC(=O)C1CCCC1. The van der Waals surface area contributed by atoms with Crippen molar-refractivity contribution in [3.63, 3.8) is 0 Å². The first kappa shape index (κ1) is 12.5. The lowest BCUT2D eigenvalue weighted by atomic mass is 10.1. The van der Waals surface area contributed by atoms with Crippen molar-refractivity contribution in [1.82, 2.24) is 10.6 Å². The van der Waals surface area contributed by atoms with Crippen LogP contribution >= 0.6 is 0 Å². The highest BCUT2D eigenvalue weighted by atomic mass is 16.4. The van der Waals surface area contributed by atoms with Crippen molar-refractivity contribution >= 4 is 17.8 Å². The highest BCUT2D eigenvalue weighted by molar-refractivity contribution is 5.87. The van der Waals surface area contributed by atoms with Crippen LogP contribution in [0.3, 0.4) is 0 Å². The highest BCUT2D eigenvalue weighted by Crippen LogP contribution is 2.24. The van der Waals surface area contributed by atoms with Gasteiger partial charge in [0.25, 0.3) is 0 Å². The third kappa shape index (κ3) is 4.29. The van der Waals surface area contributed by atoms with Crippen molar-refractivity contribution in [3.05, 3.63) is 0 Å². The number of carbonyl (C=O) groups is 3. The van der Waals surface area contributed by atoms with Crippen molar-refractivity contribution < 1.29 is 19.5 Å². The van der Waals surface area contributed by atoms with Gasteiger partial charge in [0, 0.05) is 5.92 Å². The Kier molecular flexibility index (Phi) is 4.75. The molecule has 0 bridgehead atoms. The standard InChI is InChI=1S/C10H16N2O4/c13-8(11-6-9(14)15)5-12-10(16)7-3-1-2-4-7/h7H,1-6H2,(H,11,13)(H,12,16)(H,14,15). The molecule has 1 aliphatic rings. The summed E-state index contributed by atoms with van der Waals surface area (Å²) in [6.07, 6.45) is 3.87. The first-order valence-electron chi connectivity index (χ1n) is 5.36. The summed E-state index contributed by atoms with van der Waals surface area (Å²) in [6, 6.07) is 0. The van der Waals surface area contributed by atoms with Crippen LogP contribution in [0.25, 0.3) is 0 Å². The van der Waals surface area contributed by atoms with E-state index in [1.807, 2.05) is 0 Å². The lowest BCUT2D eigenvalue weighted by Crippen LogP contribution is -2.40. The van der Waals surface area contributed by atoms with Crippen LogP contribution in [-0.2, 0) is 14.4 Å². The van der Waals surface area contributed by atoms with Crippen molar-refractivity contribution in [2.24, 2.45) is 5.92 Å². The van der Waals surface area contributed by atoms with Crippen molar-refractivity contribution in [2.45, 2.75) is 25.7 Å². The molecule has 90 valence electrons. The molecular formula is C10H16N2O4. The Labute approximate surface area is 93.4 Å². The van der Waals surface area contributed by atoms with Gasteiger partial charge in [-0.25, -0.2) is 0 Å². The Morgan fingerprint density at radius 3 is 2.25 bits per heavy atom. The van der Waals surface area contributed by atoms with E-state index in [0.29, 0.717) is 0 Å². The monoisotopic (exact) mass is 228 g/mol. The summed E-state index contributed by atoms with van der Waals surface area (Å²) in [5.41, 5.74) is 0. The number of rotatable bonds is 5. The van der Waals surface area contributed by atoms with E-state index >= 15 is 0 Å². The van der Waals surface area contributed by atoms with Crippen LogP contribution in [0.15, 0.2) is 0 Å². The fourth-order valence-electron chi connectivity index (χ4n) is 1.74. The first-order valence-corrected chi connectivity index (χ1v) is 5.36. The van der Waals surface area contributed by atoms with E-state index in [4.69, 9.17) is 5.11 Å². The molecule has 1 saturated carbocycles. The van der Waals surface area contributed by atoms with E-state index in [1.54, 1.807) is 0 Å². The number of carbonyl (C=O) groups excluding carboxylic acids is 2. The normalized spacial score (nSPS) is 15.8. The highest BCUT2D eigenvalue weighted by Gasteiger charge is 2.22. The summed E-state index contributed by atoms with van der Waals surface area (Å²) >= 11 is 0. The number of hydrogen-bond acceptors (Lipinski definition) is 3. The topological polar surface area (TPSA) is 95.5 Å². The van der Waals surface area contributed by atoms with Crippen LogP contribution in [0.4, 0.5) is 0 Å². The molecule has 1 fully saturated rings. The lowest BCUT2D eigenvalue weighted by Gasteiger charge is -2.09. The van der Waals surface area contributed by atoms with Gasteiger partial charge in [-0.3, -0.25) is 14.4 Å². The summed E-state index contributed by atoms with van der Waals surface area (Å²) in [5.74, 6) is -1.67. The predicted octanol–water partition coefficient (Wildman–Crippen LogP) is -0.506. The summed E-state index contributed by atoms with van der Waals surface area (Å²) in [7, 11) is 0. The van der Waals surface area contributed by atoms with Crippen molar-refractivity contribution in [3.8, 4) is 0 Å². The van der Waals surface area contributed by atoms with Gasteiger partial charge in [0.1, 0.15) is 6.54 Å². The molecule has 0 heterocycles. The zero-order valence-electron chi connectivity index (χ0n) is 8.99. The van der Waals surface area contributed by atoms with Gasteiger partial charge in [-0.15, -0.1) is 0 Å². The maximum Gasteiger partial charge on any atom is 0.322 e. The summed E-state index contributed by atoms with van der Waals surface area (Å²) in [4.78, 5) is 32.7. The second-order valence-electron chi connectivity index (χ2n) is 3.87. The van der Waals surface area contributed by atoms with Crippen LogP contribution in [-0.4, -0.2) is 36.0 Å². The second kappa shape index (κ2) is 6.09. The van der Waals surface area contributed by atoms with E-state index in [9.17, 15) is 14.4 Å². The molecule has 0 atom stereocenters. The van der Waals surface area contributed by atoms with E-state index < -0.39 is 18.4 Å². The molecular weight excluding hydrogens is 212 g/mol. The fraction of sp³-hybridized carbons (Fsp3) is 0.700. The summed E-state index contributed by atoms with van der Waals surface area (Å²) in [6.45, 7) is -0.569. The zero-order chi connectivity index (χ0) is 12.0. The van der Waals surface area contributed by atoms with Gasteiger partial charge >= 0.3 is 5.97 Å². The van der Waals surface area contributed by atoms with Gasteiger partial charge in [-0.2, -0.15) is 0 Å². The molecule has 0 aromatic rings. The molecule has 0 radical (unpaired) electrons. The fourth-order valence-corrected chi connectivity index (χ4v) is 1.74. The molecule has 0 spiro atoms. The molecule has 6 heteroatoms. The van der Waals surface area contributed by atoms with E-state index in [2.05, 4.69) is 10.6 Å². The molecule has 0 saturated heterocycles. The molecule has 0 unspecified atom stereocenters. The van der Waals surface area contributed by atoms with Gasteiger partial charge < -0.3 is 15.7 Å². The van der Waals surface area contributed by atoms with Gasteiger partial charge in [0.15, 0.2) is 0 Å². The minimum atomic E-state index is -1.10. The molecule has 1 rings (SSSR count). The smallest absolute Gasteiger partial charge is 0.322 e. The number of aliphatic carboxylic acids is 1. The van der Waals surface area contributed by atoms with Crippen LogP contribution in [0.2, 0.25) is 0 Å². The largest absolute Gasteiger partial charge is 0.480 e. The van der Waals surface area contributed by atoms with Crippen LogP contribution in [0.1, 0.15) is 25.7 Å². The molecule has 3 N–H and O–H groups in total. The van der Waals surface area contributed by atoms with Gasteiger partial charge in [-0.05, 0) is 12.8 Å². The van der Waals surface area contributed by atoms with Crippen LogP contribution in [0, 0.1) is 5.92 Å². The summed E-state index contributed by atoms with van der Waals surface area (Å²) < 4.78 is 0. The van der Waals surface area contributed by atoms with Crippen molar-refractivity contribution in [1.29, 1.82) is 0 Å². The number of amides is 2. The van der Waals surface area contributed by atoms with Crippen LogP contribution in [0.5, 0.6) is 0 Å². The third-order valence-electron chi connectivity index (χ3n) is 2.59. The Hall–Kier alpha value is -1.59. The Bertz CT molecular complexity index is 285. The minimum Gasteiger partial charge on any atom is -0.480 e. The van der Waals surface area contributed by atoms with Crippen molar-refractivity contribution in [2.75, 3.05) is 13.1 Å². The van der Waals surface area contributed by atoms with Crippen LogP contribution < -0.4 is 10.6 Å². The Morgan fingerprint density at radius 1 is 1.06 bits per heavy atom. The Morgan fingerprint density at radius 2 is 1.69 bits per heavy atom. The maximum atomic E-state index is 11.5. The first-order chi connectivity index (χ1) is 7.59. The Balaban J connectivity index is 2.15. The van der Waals surface area contributed by atoms with E-state index in [-0.39, 0.29) is 18.4 Å². The average molecular weight is 228 g/mol. The molecule has 0 aromatic carbocycles. The second-order valence-corrected chi connectivity index (χ2v) is 3.87. The molecule has 16 heavy (non-hydrogen) atoms. The minimum absolute atomic E-state index is 0.0206. The number of carboxylic acids is 1. The third-order valence-corrected chi connectivity index (χ3v) is 2.59. The summed E-state index contributed by atoms with van der Waals surface area (Å²) in [5, 5.41) is 13.0. The lowest BCUT2D eigenvalue weighted by molar-refractivity contribution is -0.137. The number of carboxylic acid groups (broad SMARTS) is 1. The predicted molar refractivity (Wildman–Crippen MR) is 55.6 cm³/mol. The maximum absolute atomic E-state index is 11.5. The van der Waals surface area contributed by atoms with Gasteiger partial charge in [0.05, 0.1) is 6.54 Å². The van der Waals surface area contributed by atoms with E-state index in [1.165, 1.54) is 0 Å². The molecule has 0 aromatic heterocycles. The quantitative estimate of drug-likeness (QED) is 0.590.